The van der Waals surface area contributed by atoms with Gasteiger partial charge in [-0.25, -0.2) is 0 Å². The van der Waals surface area contributed by atoms with Crippen LogP contribution in [-0.2, 0) is 16.8 Å². The zero-order valence-corrected chi connectivity index (χ0v) is 18.6. The van der Waals surface area contributed by atoms with E-state index in [-0.39, 0.29) is 11.3 Å². The number of thioether (sulfide) groups is 1. The number of carbonyl (C=O) groups excluding carboxylic acids is 1. The number of rotatable bonds is 7. The van der Waals surface area contributed by atoms with Crippen molar-refractivity contribution in [3.8, 4) is 0 Å². The average molecular weight is 421 g/mol. The van der Waals surface area contributed by atoms with Gasteiger partial charge < -0.3 is 9.88 Å². The summed E-state index contributed by atoms with van der Waals surface area (Å²) in [6.07, 6.45) is 2.34. The normalized spacial score (nSPS) is 14.0. The van der Waals surface area contributed by atoms with E-state index in [1.54, 1.807) is 0 Å². The molecule has 5 nitrogen and oxygen atoms in total. The fraction of sp³-hybridized carbons (Fsp3) is 0.375. The molecule has 1 fully saturated rings. The van der Waals surface area contributed by atoms with Gasteiger partial charge in [0.25, 0.3) is 0 Å². The van der Waals surface area contributed by atoms with Gasteiger partial charge in [-0.05, 0) is 35.4 Å². The molecule has 4 rings (SSSR count). The standard InChI is InChI=1S/C24H28N4OS/c1-24(2,3)19-11-7-8-12-20(19)25-21(29)16-30-23-27-26-22(18-13-14-18)28(23)15-17-9-5-4-6-10-17/h4-12,18H,13-16H2,1-3H3,(H,25,29). The summed E-state index contributed by atoms with van der Waals surface area (Å²) in [5.41, 5.74) is 3.18. The Bertz CT molecular complexity index is 1020. The third-order valence-electron chi connectivity index (χ3n) is 5.21. The summed E-state index contributed by atoms with van der Waals surface area (Å²) in [4.78, 5) is 12.7. The summed E-state index contributed by atoms with van der Waals surface area (Å²) in [5, 5.41) is 12.7. The molecule has 0 radical (unpaired) electrons. The lowest BCUT2D eigenvalue weighted by molar-refractivity contribution is -0.113. The molecule has 1 aromatic heterocycles. The van der Waals surface area contributed by atoms with Gasteiger partial charge in [-0.15, -0.1) is 10.2 Å². The predicted octanol–water partition coefficient (Wildman–Crippen LogP) is 5.23. The van der Waals surface area contributed by atoms with Crippen LogP contribution in [0.5, 0.6) is 0 Å². The minimum absolute atomic E-state index is 0.0288. The summed E-state index contributed by atoms with van der Waals surface area (Å²) in [6.45, 7) is 7.19. The highest BCUT2D eigenvalue weighted by atomic mass is 32.2. The monoisotopic (exact) mass is 420 g/mol. The van der Waals surface area contributed by atoms with E-state index in [1.807, 2.05) is 36.4 Å². The molecule has 0 spiro atoms. The highest BCUT2D eigenvalue weighted by Crippen LogP contribution is 2.40. The number of carbonyl (C=O) groups is 1. The van der Waals surface area contributed by atoms with Crippen LogP contribution < -0.4 is 5.32 Å². The summed E-state index contributed by atoms with van der Waals surface area (Å²) >= 11 is 1.45. The zero-order chi connectivity index (χ0) is 21.1. The molecule has 156 valence electrons. The Morgan fingerprint density at radius 1 is 1.07 bits per heavy atom. The Hall–Kier alpha value is -2.60. The lowest BCUT2D eigenvalue weighted by Gasteiger charge is -2.23. The molecule has 1 saturated carbocycles. The second-order valence-electron chi connectivity index (χ2n) is 8.82. The van der Waals surface area contributed by atoms with Crippen LogP contribution in [0.25, 0.3) is 0 Å². The molecule has 0 bridgehead atoms. The van der Waals surface area contributed by atoms with Gasteiger partial charge in [-0.2, -0.15) is 0 Å². The van der Waals surface area contributed by atoms with Crippen LogP contribution in [0.2, 0.25) is 0 Å². The number of amides is 1. The first-order valence-electron chi connectivity index (χ1n) is 10.4. The molecule has 0 atom stereocenters. The lowest BCUT2D eigenvalue weighted by Crippen LogP contribution is -2.20. The minimum atomic E-state index is -0.0357. The molecule has 0 aliphatic heterocycles. The van der Waals surface area contributed by atoms with E-state index >= 15 is 0 Å². The largest absolute Gasteiger partial charge is 0.325 e. The summed E-state index contributed by atoms with van der Waals surface area (Å²) < 4.78 is 2.17. The maximum atomic E-state index is 12.7. The van der Waals surface area contributed by atoms with Crippen LogP contribution >= 0.6 is 11.8 Å². The van der Waals surface area contributed by atoms with Crippen molar-refractivity contribution in [1.29, 1.82) is 0 Å². The van der Waals surface area contributed by atoms with Crippen molar-refractivity contribution in [2.24, 2.45) is 0 Å². The maximum absolute atomic E-state index is 12.7. The van der Waals surface area contributed by atoms with Gasteiger partial charge in [0.15, 0.2) is 5.16 Å². The van der Waals surface area contributed by atoms with E-state index in [0.29, 0.717) is 11.7 Å². The first-order chi connectivity index (χ1) is 14.4. The molecule has 6 heteroatoms. The van der Waals surface area contributed by atoms with E-state index in [0.717, 1.165) is 28.8 Å². The molecular weight excluding hydrogens is 392 g/mol. The molecule has 2 aromatic carbocycles. The van der Waals surface area contributed by atoms with Crippen LogP contribution in [-0.4, -0.2) is 26.4 Å². The molecular formula is C24H28N4OS. The van der Waals surface area contributed by atoms with E-state index in [1.165, 1.54) is 30.2 Å². The number of hydrogen-bond acceptors (Lipinski definition) is 4. The number of hydrogen-bond donors (Lipinski definition) is 1. The van der Waals surface area contributed by atoms with Gasteiger partial charge in [0.2, 0.25) is 5.91 Å². The highest BCUT2D eigenvalue weighted by molar-refractivity contribution is 7.99. The summed E-state index contributed by atoms with van der Waals surface area (Å²) in [6, 6.07) is 18.3. The van der Waals surface area contributed by atoms with Crippen molar-refractivity contribution >= 4 is 23.4 Å². The predicted molar refractivity (Wildman–Crippen MR) is 122 cm³/mol. The maximum Gasteiger partial charge on any atom is 0.234 e. The smallest absolute Gasteiger partial charge is 0.234 e. The topological polar surface area (TPSA) is 59.8 Å². The second-order valence-corrected chi connectivity index (χ2v) is 9.76. The minimum Gasteiger partial charge on any atom is -0.325 e. The Morgan fingerprint density at radius 2 is 1.77 bits per heavy atom. The van der Waals surface area contributed by atoms with Gasteiger partial charge in [-0.1, -0.05) is 81.1 Å². The number of aromatic nitrogens is 3. The molecule has 1 aliphatic carbocycles. The second kappa shape index (κ2) is 8.64. The van der Waals surface area contributed by atoms with Gasteiger partial charge in [-0.3, -0.25) is 4.79 Å². The van der Waals surface area contributed by atoms with Crippen LogP contribution in [0.3, 0.4) is 0 Å². The SMILES string of the molecule is CC(C)(C)c1ccccc1NC(=O)CSc1nnc(C2CC2)n1Cc1ccccc1. The third kappa shape index (κ3) is 4.93. The van der Waals surface area contributed by atoms with Gasteiger partial charge in [0, 0.05) is 11.6 Å². The molecule has 30 heavy (non-hydrogen) atoms. The van der Waals surface area contributed by atoms with Gasteiger partial charge in [0.05, 0.1) is 12.3 Å². The molecule has 3 aromatic rings. The molecule has 1 N–H and O–H groups in total. The van der Waals surface area contributed by atoms with Crippen molar-refractivity contribution in [1.82, 2.24) is 14.8 Å². The molecule has 1 heterocycles. The van der Waals surface area contributed by atoms with Crippen LogP contribution in [0.15, 0.2) is 59.8 Å². The van der Waals surface area contributed by atoms with E-state index in [4.69, 9.17) is 0 Å². The van der Waals surface area contributed by atoms with Crippen molar-refractivity contribution < 1.29 is 4.79 Å². The zero-order valence-electron chi connectivity index (χ0n) is 17.8. The number of anilines is 1. The van der Waals surface area contributed by atoms with E-state index < -0.39 is 0 Å². The molecule has 0 saturated heterocycles. The molecule has 1 amide bonds. The fourth-order valence-electron chi connectivity index (χ4n) is 3.53. The van der Waals surface area contributed by atoms with E-state index in [9.17, 15) is 4.79 Å². The van der Waals surface area contributed by atoms with Crippen LogP contribution in [0, 0.1) is 0 Å². The first-order valence-corrected chi connectivity index (χ1v) is 11.4. The number of para-hydroxylation sites is 1. The number of nitrogens with zero attached hydrogens (tertiary/aromatic N) is 3. The van der Waals surface area contributed by atoms with E-state index in [2.05, 4.69) is 59.1 Å². The van der Waals surface area contributed by atoms with Crippen molar-refractivity contribution in [2.45, 2.75) is 56.6 Å². The Kier molecular flexibility index (Phi) is 5.95. The average Bonchev–Trinajstić information content (AvgIpc) is 3.49. The molecule has 0 unspecified atom stereocenters. The van der Waals surface area contributed by atoms with Gasteiger partial charge in [0.1, 0.15) is 5.82 Å². The summed E-state index contributed by atoms with van der Waals surface area (Å²) in [7, 11) is 0. The van der Waals surface area contributed by atoms with Crippen molar-refractivity contribution in [3.05, 3.63) is 71.5 Å². The molecule has 1 aliphatic rings. The van der Waals surface area contributed by atoms with Gasteiger partial charge >= 0.3 is 0 Å². The Morgan fingerprint density at radius 3 is 2.47 bits per heavy atom. The van der Waals surface area contributed by atoms with Crippen LogP contribution in [0.1, 0.15) is 56.5 Å². The lowest BCUT2D eigenvalue weighted by atomic mass is 9.86. The number of benzene rings is 2. The third-order valence-corrected chi connectivity index (χ3v) is 6.18. The Balaban J connectivity index is 1.46. The fourth-order valence-corrected chi connectivity index (χ4v) is 4.27. The number of nitrogens with one attached hydrogen (secondary N) is 1. The van der Waals surface area contributed by atoms with Crippen molar-refractivity contribution in [3.63, 3.8) is 0 Å². The first kappa shape index (κ1) is 20.7. The van der Waals surface area contributed by atoms with Crippen LogP contribution in [0.4, 0.5) is 5.69 Å². The quantitative estimate of drug-likeness (QED) is 0.532. The summed E-state index contributed by atoms with van der Waals surface area (Å²) in [5.74, 6) is 1.82. The Labute approximate surface area is 182 Å². The van der Waals surface area contributed by atoms with Crippen molar-refractivity contribution in [2.75, 3.05) is 11.1 Å². The highest BCUT2D eigenvalue weighted by Gasteiger charge is 2.30.